The van der Waals surface area contributed by atoms with Crippen LogP contribution in [0.3, 0.4) is 0 Å². The van der Waals surface area contributed by atoms with E-state index in [0.29, 0.717) is 5.56 Å². The number of methoxy groups -OCH3 is 2. The lowest BCUT2D eigenvalue weighted by molar-refractivity contribution is -0.139. The smallest absolute Gasteiger partial charge is 0.310 e. The van der Waals surface area contributed by atoms with E-state index in [4.69, 9.17) is 4.74 Å². The van der Waals surface area contributed by atoms with Crippen molar-refractivity contribution in [3.05, 3.63) is 47.0 Å². The lowest BCUT2D eigenvalue weighted by Gasteiger charge is -2.13. The molecule has 0 fully saturated rings. The number of hydrogen-bond acceptors (Lipinski definition) is 4. The summed E-state index contributed by atoms with van der Waals surface area (Å²) in [4.78, 5) is 11.4. The van der Waals surface area contributed by atoms with E-state index in [-0.39, 0.29) is 18.1 Å². The van der Waals surface area contributed by atoms with E-state index in [1.54, 1.807) is 13.2 Å². The molecule has 4 nitrogen and oxygen atoms in total. The van der Waals surface area contributed by atoms with E-state index in [2.05, 4.69) is 4.74 Å². The van der Waals surface area contributed by atoms with Crippen molar-refractivity contribution in [1.29, 1.82) is 0 Å². The van der Waals surface area contributed by atoms with Crippen molar-refractivity contribution in [3.8, 4) is 22.6 Å². The third-order valence-electron chi connectivity index (χ3n) is 3.64. The van der Waals surface area contributed by atoms with Gasteiger partial charge in [-0.3, -0.25) is 4.79 Å². The van der Waals surface area contributed by atoms with Crippen LogP contribution in [0.1, 0.15) is 16.7 Å². The van der Waals surface area contributed by atoms with E-state index >= 15 is 0 Å². The third-order valence-corrected chi connectivity index (χ3v) is 3.64. The molecule has 116 valence electrons. The molecule has 2 aromatic carbocycles. The van der Waals surface area contributed by atoms with Gasteiger partial charge in [-0.05, 0) is 60.4 Å². The van der Waals surface area contributed by atoms with Gasteiger partial charge in [0.2, 0.25) is 0 Å². The van der Waals surface area contributed by atoms with Gasteiger partial charge in [0, 0.05) is 5.56 Å². The highest BCUT2D eigenvalue weighted by molar-refractivity contribution is 5.76. The van der Waals surface area contributed by atoms with E-state index in [0.717, 1.165) is 28.0 Å². The predicted molar refractivity (Wildman–Crippen MR) is 85.3 cm³/mol. The zero-order valence-electron chi connectivity index (χ0n) is 13.3. The molecule has 22 heavy (non-hydrogen) atoms. The number of phenols is 1. The molecule has 2 rings (SSSR count). The van der Waals surface area contributed by atoms with Crippen molar-refractivity contribution in [3.63, 3.8) is 0 Å². The molecule has 0 amide bonds. The maximum atomic E-state index is 11.4. The first kappa shape index (κ1) is 15.9. The molecular formula is C18H20O4. The van der Waals surface area contributed by atoms with Crippen LogP contribution in [-0.2, 0) is 16.0 Å². The maximum Gasteiger partial charge on any atom is 0.310 e. The molecule has 0 aliphatic carbocycles. The monoisotopic (exact) mass is 300 g/mol. The number of hydrogen-bond donors (Lipinski definition) is 1. The third kappa shape index (κ3) is 3.22. The van der Waals surface area contributed by atoms with Crippen LogP contribution in [-0.4, -0.2) is 25.3 Å². The first-order valence-electron chi connectivity index (χ1n) is 7.00. The number of aryl methyl sites for hydroxylation is 2. The van der Waals surface area contributed by atoms with Gasteiger partial charge in [-0.2, -0.15) is 0 Å². The first-order chi connectivity index (χ1) is 10.5. The topological polar surface area (TPSA) is 55.8 Å². The Labute approximate surface area is 130 Å². The average Bonchev–Trinajstić information content (AvgIpc) is 2.49. The number of ether oxygens (including phenoxy) is 2. The summed E-state index contributed by atoms with van der Waals surface area (Å²) in [6, 6.07) is 9.30. The molecule has 0 spiro atoms. The zero-order chi connectivity index (χ0) is 16.3. The zero-order valence-corrected chi connectivity index (χ0v) is 13.3. The Morgan fingerprint density at radius 1 is 1.05 bits per heavy atom. The fourth-order valence-electron chi connectivity index (χ4n) is 2.57. The molecular weight excluding hydrogens is 280 g/mol. The molecule has 0 atom stereocenters. The number of benzene rings is 2. The van der Waals surface area contributed by atoms with Crippen molar-refractivity contribution in [1.82, 2.24) is 0 Å². The largest absolute Gasteiger partial charge is 0.508 e. The summed E-state index contributed by atoms with van der Waals surface area (Å²) in [6.45, 7) is 3.98. The minimum Gasteiger partial charge on any atom is -0.508 e. The van der Waals surface area contributed by atoms with Crippen molar-refractivity contribution < 1.29 is 19.4 Å². The molecule has 0 aromatic heterocycles. The Kier molecular flexibility index (Phi) is 4.71. The number of aromatic hydroxyl groups is 1. The number of phenolic OH excluding ortho intramolecular Hbond substituents is 1. The second-order valence-corrected chi connectivity index (χ2v) is 5.24. The van der Waals surface area contributed by atoms with Crippen LogP contribution in [0.2, 0.25) is 0 Å². The van der Waals surface area contributed by atoms with Gasteiger partial charge >= 0.3 is 5.97 Å². The molecule has 1 N–H and O–H groups in total. The van der Waals surface area contributed by atoms with Gasteiger partial charge in [-0.1, -0.05) is 6.07 Å². The molecule has 0 saturated heterocycles. The van der Waals surface area contributed by atoms with Gasteiger partial charge in [-0.15, -0.1) is 0 Å². The van der Waals surface area contributed by atoms with Gasteiger partial charge in [0.05, 0.1) is 20.6 Å². The Morgan fingerprint density at radius 3 is 2.23 bits per heavy atom. The second-order valence-electron chi connectivity index (χ2n) is 5.24. The Morgan fingerprint density at radius 2 is 1.68 bits per heavy atom. The quantitative estimate of drug-likeness (QED) is 0.879. The van der Waals surface area contributed by atoms with Crippen LogP contribution in [0, 0.1) is 13.8 Å². The summed E-state index contributed by atoms with van der Waals surface area (Å²) in [6.07, 6.45) is 0.0459. The Hall–Kier alpha value is -2.49. The fourth-order valence-corrected chi connectivity index (χ4v) is 2.57. The molecule has 0 aliphatic heterocycles. The molecule has 0 radical (unpaired) electrons. The van der Waals surface area contributed by atoms with Crippen LogP contribution < -0.4 is 4.74 Å². The average molecular weight is 300 g/mol. The van der Waals surface area contributed by atoms with Crippen molar-refractivity contribution in [2.24, 2.45) is 0 Å². The van der Waals surface area contributed by atoms with Crippen LogP contribution in [0.15, 0.2) is 30.3 Å². The van der Waals surface area contributed by atoms with Crippen LogP contribution in [0.5, 0.6) is 11.5 Å². The summed E-state index contributed by atoms with van der Waals surface area (Å²) < 4.78 is 10.0. The van der Waals surface area contributed by atoms with Gasteiger partial charge in [0.25, 0.3) is 0 Å². The van der Waals surface area contributed by atoms with Gasteiger partial charge < -0.3 is 14.6 Å². The first-order valence-corrected chi connectivity index (χ1v) is 7.00. The van der Waals surface area contributed by atoms with Gasteiger partial charge in [0.1, 0.15) is 11.5 Å². The molecule has 0 heterocycles. The number of esters is 1. The molecule has 4 heteroatoms. The number of carbonyl (C=O) groups is 1. The molecule has 0 aliphatic rings. The highest BCUT2D eigenvalue weighted by atomic mass is 16.5. The van der Waals surface area contributed by atoms with Crippen LogP contribution in [0.25, 0.3) is 11.1 Å². The Bertz CT molecular complexity index is 681. The van der Waals surface area contributed by atoms with Crippen LogP contribution in [0.4, 0.5) is 0 Å². The molecule has 0 saturated carbocycles. The number of carbonyl (C=O) groups excluding carboxylic acids is 1. The standard InChI is InChI=1S/C18H20O4/c1-11-7-14(8-12(2)18(11)22-4)13-5-6-16(19)15(9-13)10-17(20)21-3/h5-9,19H,10H2,1-4H3. The second kappa shape index (κ2) is 6.52. The summed E-state index contributed by atoms with van der Waals surface area (Å²) >= 11 is 0. The summed E-state index contributed by atoms with van der Waals surface area (Å²) in [5.74, 6) is 0.586. The molecule has 2 aromatic rings. The van der Waals surface area contributed by atoms with E-state index in [1.165, 1.54) is 7.11 Å². The van der Waals surface area contributed by atoms with E-state index in [1.807, 2.05) is 38.1 Å². The van der Waals surface area contributed by atoms with E-state index < -0.39 is 0 Å². The van der Waals surface area contributed by atoms with Crippen molar-refractivity contribution in [2.45, 2.75) is 20.3 Å². The summed E-state index contributed by atoms with van der Waals surface area (Å²) in [7, 11) is 2.99. The lowest BCUT2D eigenvalue weighted by atomic mass is 9.97. The highest BCUT2D eigenvalue weighted by Crippen LogP contribution is 2.32. The lowest BCUT2D eigenvalue weighted by Crippen LogP contribution is -2.04. The normalized spacial score (nSPS) is 10.4. The molecule has 0 unspecified atom stereocenters. The minimum absolute atomic E-state index is 0.0459. The minimum atomic E-state index is -0.380. The number of rotatable bonds is 4. The highest BCUT2D eigenvalue weighted by Gasteiger charge is 2.11. The maximum absolute atomic E-state index is 11.4. The summed E-state index contributed by atoms with van der Waals surface area (Å²) in [5.41, 5.74) is 4.59. The summed E-state index contributed by atoms with van der Waals surface area (Å²) in [5, 5.41) is 9.89. The van der Waals surface area contributed by atoms with Crippen LogP contribution >= 0.6 is 0 Å². The fraction of sp³-hybridized carbons (Fsp3) is 0.278. The van der Waals surface area contributed by atoms with Gasteiger partial charge in [-0.25, -0.2) is 0 Å². The van der Waals surface area contributed by atoms with Gasteiger partial charge in [0.15, 0.2) is 0 Å². The van der Waals surface area contributed by atoms with Crippen molar-refractivity contribution >= 4 is 5.97 Å². The van der Waals surface area contributed by atoms with E-state index in [9.17, 15) is 9.90 Å². The SMILES string of the molecule is COC(=O)Cc1cc(-c2cc(C)c(OC)c(C)c2)ccc1O. The molecule has 0 bridgehead atoms. The predicted octanol–water partition coefficient (Wildman–Crippen LogP) is 3.40. The van der Waals surface area contributed by atoms with Crippen molar-refractivity contribution in [2.75, 3.05) is 14.2 Å². The Balaban J connectivity index is 2.45.